The van der Waals surface area contributed by atoms with Crippen LogP contribution in [-0.2, 0) is 20.3 Å². The van der Waals surface area contributed by atoms with Crippen LogP contribution in [0.4, 0.5) is 0 Å². The largest absolute Gasteiger partial charge is 0.465 e. The molecule has 0 saturated heterocycles. The van der Waals surface area contributed by atoms with E-state index in [1.165, 1.54) is 0 Å². The van der Waals surface area contributed by atoms with Gasteiger partial charge < -0.3 is 4.74 Å². The van der Waals surface area contributed by atoms with Crippen molar-refractivity contribution < 1.29 is 13.7 Å². The molecular formula is C11H22O3S. The fraction of sp³-hybridized carbons (Fsp3) is 0.909. The topological polar surface area (TPSA) is 43.4 Å². The van der Waals surface area contributed by atoms with Crippen molar-refractivity contribution in [1.29, 1.82) is 0 Å². The third kappa shape index (κ3) is 8.60. The maximum Gasteiger partial charge on any atom is 0.318 e. The Hall–Kier alpha value is -0.380. The van der Waals surface area contributed by atoms with E-state index in [1.807, 2.05) is 13.8 Å². The Balaban J connectivity index is 3.62. The Morgan fingerprint density at radius 1 is 1.40 bits per heavy atom. The minimum atomic E-state index is -1.06. The molecule has 0 aliphatic heterocycles. The first kappa shape index (κ1) is 14.6. The van der Waals surface area contributed by atoms with Crippen molar-refractivity contribution in [1.82, 2.24) is 0 Å². The molecular weight excluding hydrogens is 212 g/mol. The van der Waals surface area contributed by atoms with Crippen LogP contribution < -0.4 is 0 Å². The summed E-state index contributed by atoms with van der Waals surface area (Å²) in [6.07, 6.45) is 2.88. The minimum Gasteiger partial charge on any atom is -0.465 e. The van der Waals surface area contributed by atoms with E-state index in [0.717, 1.165) is 19.3 Å². The molecule has 0 bridgehead atoms. The normalized spacial score (nSPS) is 14.6. The summed E-state index contributed by atoms with van der Waals surface area (Å²) < 4.78 is 16.4. The second kappa shape index (κ2) is 8.89. The predicted molar refractivity (Wildman–Crippen MR) is 63.2 cm³/mol. The molecule has 0 aromatic heterocycles. The Kier molecular flexibility index (Phi) is 8.67. The van der Waals surface area contributed by atoms with Crippen molar-refractivity contribution in [3.63, 3.8) is 0 Å². The van der Waals surface area contributed by atoms with E-state index in [4.69, 9.17) is 4.74 Å². The average molecular weight is 234 g/mol. The lowest BCUT2D eigenvalue weighted by Crippen LogP contribution is -2.19. The van der Waals surface area contributed by atoms with Crippen molar-refractivity contribution in [2.75, 3.05) is 18.1 Å². The van der Waals surface area contributed by atoms with Gasteiger partial charge in [-0.2, -0.15) is 0 Å². The molecule has 0 saturated carbocycles. The summed E-state index contributed by atoms with van der Waals surface area (Å²) in [5.41, 5.74) is 0. The molecule has 0 radical (unpaired) electrons. The first-order chi connectivity index (χ1) is 7.10. The highest BCUT2D eigenvalue weighted by molar-refractivity contribution is 7.85. The number of rotatable bonds is 8. The van der Waals surface area contributed by atoms with Gasteiger partial charge in [-0.05, 0) is 12.3 Å². The molecule has 0 aliphatic rings. The Morgan fingerprint density at radius 2 is 2.07 bits per heavy atom. The summed E-state index contributed by atoms with van der Waals surface area (Å²) in [4.78, 5) is 11.2. The van der Waals surface area contributed by atoms with E-state index in [1.54, 1.807) is 0 Å². The van der Waals surface area contributed by atoms with Gasteiger partial charge in [0.15, 0.2) is 0 Å². The lowest BCUT2D eigenvalue weighted by molar-refractivity contribution is -0.140. The summed E-state index contributed by atoms with van der Waals surface area (Å²) in [6.45, 7) is 6.59. The summed E-state index contributed by atoms with van der Waals surface area (Å²) in [5.74, 6) is 0.729. The maximum atomic E-state index is 11.5. The van der Waals surface area contributed by atoms with Crippen LogP contribution in [0.25, 0.3) is 0 Å². The third-order valence-corrected chi connectivity index (χ3v) is 3.71. The third-order valence-electron chi connectivity index (χ3n) is 2.21. The number of carbonyl (C=O) groups excluding carboxylic acids is 1. The highest BCUT2D eigenvalue weighted by Gasteiger charge is 2.11. The number of carbonyl (C=O) groups is 1. The van der Waals surface area contributed by atoms with Crippen LogP contribution in [0.2, 0.25) is 0 Å². The first-order valence-corrected chi connectivity index (χ1v) is 7.09. The van der Waals surface area contributed by atoms with Crippen molar-refractivity contribution >= 4 is 16.8 Å². The van der Waals surface area contributed by atoms with E-state index < -0.39 is 10.8 Å². The lowest BCUT2D eigenvalue weighted by atomic mass is 10.2. The van der Waals surface area contributed by atoms with E-state index in [0.29, 0.717) is 18.3 Å². The van der Waals surface area contributed by atoms with Crippen LogP contribution in [0.5, 0.6) is 0 Å². The molecule has 0 heterocycles. The molecule has 3 nitrogen and oxygen atoms in total. The van der Waals surface area contributed by atoms with E-state index in [2.05, 4.69) is 6.92 Å². The molecule has 4 heteroatoms. The molecule has 0 amide bonds. The molecule has 0 spiro atoms. The monoisotopic (exact) mass is 234 g/mol. The number of esters is 1. The van der Waals surface area contributed by atoms with E-state index >= 15 is 0 Å². The summed E-state index contributed by atoms with van der Waals surface area (Å²) >= 11 is 0. The first-order valence-electron chi connectivity index (χ1n) is 5.60. The molecule has 0 rings (SSSR count). The Morgan fingerprint density at radius 3 is 2.60 bits per heavy atom. The molecule has 0 aromatic carbocycles. The second-order valence-electron chi connectivity index (χ2n) is 3.84. The summed E-state index contributed by atoms with van der Waals surface area (Å²) in [6, 6.07) is 0. The summed E-state index contributed by atoms with van der Waals surface area (Å²) in [7, 11) is -1.06. The minimum absolute atomic E-state index is 0.0497. The zero-order chi connectivity index (χ0) is 11.7. The maximum absolute atomic E-state index is 11.5. The molecule has 0 N–H and O–H groups in total. The van der Waals surface area contributed by atoms with Gasteiger partial charge in [-0.3, -0.25) is 9.00 Å². The van der Waals surface area contributed by atoms with Crippen LogP contribution in [0.3, 0.4) is 0 Å². The van der Waals surface area contributed by atoms with Crippen LogP contribution in [-0.4, -0.2) is 28.3 Å². The number of hydrogen-bond acceptors (Lipinski definition) is 3. The highest BCUT2D eigenvalue weighted by atomic mass is 32.2. The number of unbranched alkanes of at least 4 members (excludes halogenated alkanes) is 1. The van der Waals surface area contributed by atoms with Gasteiger partial charge in [0.25, 0.3) is 0 Å². The van der Waals surface area contributed by atoms with Crippen molar-refractivity contribution in [2.45, 2.75) is 40.0 Å². The van der Waals surface area contributed by atoms with E-state index in [-0.39, 0.29) is 11.7 Å². The fourth-order valence-corrected chi connectivity index (χ4v) is 2.33. The van der Waals surface area contributed by atoms with Gasteiger partial charge in [0, 0.05) is 16.6 Å². The summed E-state index contributed by atoms with van der Waals surface area (Å²) in [5, 5.41) is 0. The molecule has 0 aromatic rings. The molecule has 15 heavy (non-hydrogen) atoms. The Bertz CT molecular complexity index is 204. The quantitative estimate of drug-likeness (QED) is 0.477. The fourth-order valence-electron chi connectivity index (χ4n) is 0.998. The SMILES string of the molecule is CCCCOC(=O)CS(=O)CC(C)CC. The second-order valence-corrected chi connectivity index (χ2v) is 5.34. The standard InChI is InChI=1S/C11H22O3S/c1-4-6-7-14-11(12)9-15(13)8-10(3)5-2/h10H,4-9H2,1-3H3. The van der Waals surface area contributed by atoms with Crippen LogP contribution in [0.1, 0.15) is 40.0 Å². The zero-order valence-electron chi connectivity index (χ0n) is 9.95. The van der Waals surface area contributed by atoms with Gasteiger partial charge in [-0.1, -0.05) is 33.6 Å². The zero-order valence-corrected chi connectivity index (χ0v) is 10.8. The highest BCUT2D eigenvalue weighted by Crippen LogP contribution is 2.03. The lowest BCUT2D eigenvalue weighted by Gasteiger charge is -2.07. The van der Waals surface area contributed by atoms with Crippen molar-refractivity contribution in [2.24, 2.45) is 5.92 Å². The Labute approximate surface area is 95.0 Å². The van der Waals surface area contributed by atoms with Crippen LogP contribution in [0, 0.1) is 5.92 Å². The van der Waals surface area contributed by atoms with Crippen LogP contribution >= 0.6 is 0 Å². The average Bonchev–Trinajstić information content (AvgIpc) is 2.17. The molecule has 0 aliphatic carbocycles. The molecule has 0 fully saturated rings. The van der Waals surface area contributed by atoms with Crippen molar-refractivity contribution in [3.8, 4) is 0 Å². The van der Waals surface area contributed by atoms with Gasteiger partial charge in [-0.15, -0.1) is 0 Å². The predicted octanol–water partition coefficient (Wildman–Crippen LogP) is 2.12. The van der Waals surface area contributed by atoms with E-state index in [9.17, 15) is 9.00 Å². The van der Waals surface area contributed by atoms with Gasteiger partial charge in [0.05, 0.1) is 6.61 Å². The van der Waals surface area contributed by atoms with Gasteiger partial charge in [0.1, 0.15) is 5.75 Å². The van der Waals surface area contributed by atoms with Crippen LogP contribution in [0.15, 0.2) is 0 Å². The van der Waals surface area contributed by atoms with Gasteiger partial charge in [0.2, 0.25) is 0 Å². The molecule has 2 atom stereocenters. The molecule has 90 valence electrons. The van der Waals surface area contributed by atoms with Gasteiger partial charge in [-0.25, -0.2) is 0 Å². The number of ether oxygens (including phenoxy) is 1. The van der Waals surface area contributed by atoms with Gasteiger partial charge >= 0.3 is 5.97 Å². The number of hydrogen-bond donors (Lipinski definition) is 0. The smallest absolute Gasteiger partial charge is 0.318 e. The molecule has 2 unspecified atom stereocenters. The van der Waals surface area contributed by atoms with Crippen molar-refractivity contribution in [3.05, 3.63) is 0 Å².